The zero-order chi connectivity index (χ0) is 11.8. The van der Waals surface area contributed by atoms with Crippen LogP contribution in [0.3, 0.4) is 0 Å². The number of nitrogen functional groups attached to an aromatic ring is 1. The van der Waals surface area contributed by atoms with Gasteiger partial charge in [0.05, 0.1) is 0 Å². The van der Waals surface area contributed by atoms with E-state index in [0.29, 0.717) is 28.4 Å². The summed E-state index contributed by atoms with van der Waals surface area (Å²) in [6, 6.07) is 6.39. The summed E-state index contributed by atoms with van der Waals surface area (Å²) < 4.78 is 18.5. The summed E-state index contributed by atoms with van der Waals surface area (Å²) in [6.45, 7) is 0. The number of oxazole rings is 1. The highest BCUT2D eigenvalue weighted by Gasteiger charge is 2.10. The fourth-order valence-corrected chi connectivity index (χ4v) is 2.36. The zero-order valence-corrected chi connectivity index (χ0v) is 9.63. The van der Waals surface area contributed by atoms with Crippen LogP contribution in [0.25, 0.3) is 11.1 Å². The molecule has 5 heteroatoms. The monoisotopic (exact) mass is 248 g/mol. The van der Waals surface area contributed by atoms with Crippen molar-refractivity contribution >= 4 is 27.4 Å². The molecule has 0 aliphatic carbocycles. The van der Waals surface area contributed by atoms with Crippen molar-refractivity contribution in [1.82, 2.24) is 4.98 Å². The van der Waals surface area contributed by atoms with Crippen molar-refractivity contribution < 1.29 is 8.81 Å². The molecule has 0 radical (unpaired) electrons. The Morgan fingerprint density at radius 1 is 1.41 bits per heavy atom. The molecule has 3 rings (SSSR count). The fourth-order valence-electron chi connectivity index (χ4n) is 1.70. The molecule has 0 saturated heterocycles. The van der Waals surface area contributed by atoms with Gasteiger partial charge in [-0.25, -0.2) is 9.37 Å². The van der Waals surface area contributed by atoms with E-state index in [1.807, 2.05) is 11.4 Å². The molecule has 0 fully saturated rings. The highest BCUT2D eigenvalue weighted by Crippen LogP contribution is 2.28. The van der Waals surface area contributed by atoms with Crippen molar-refractivity contribution in [2.75, 3.05) is 5.73 Å². The van der Waals surface area contributed by atoms with Gasteiger partial charge in [-0.05, 0) is 17.7 Å². The van der Waals surface area contributed by atoms with E-state index < -0.39 is 0 Å². The first-order valence-electron chi connectivity index (χ1n) is 5.09. The van der Waals surface area contributed by atoms with Crippen molar-refractivity contribution in [2.45, 2.75) is 6.42 Å². The van der Waals surface area contributed by atoms with Crippen LogP contribution in [0.4, 0.5) is 9.39 Å². The summed E-state index contributed by atoms with van der Waals surface area (Å²) in [4.78, 5) is 4.29. The Bertz CT molecular complexity index is 674. The number of fused-ring (bicyclic) bond motifs is 1. The highest BCUT2D eigenvalue weighted by atomic mass is 32.1. The molecule has 0 spiro atoms. The first kappa shape index (κ1) is 10.3. The first-order valence-corrected chi connectivity index (χ1v) is 5.97. The van der Waals surface area contributed by atoms with Gasteiger partial charge in [-0.15, -0.1) is 11.3 Å². The molecule has 0 atom stereocenters. The van der Waals surface area contributed by atoms with Crippen LogP contribution in [-0.4, -0.2) is 4.98 Å². The van der Waals surface area contributed by atoms with Crippen molar-refractivity contribution in [2.24, 2.45) is 0 Å². The summed E-state index contributed by atoms with van der Waals surface area (Å²) >= 11 is 1.40. The van der Waals surface area contributed by atoms with Gasteiger partial charge < -0.3 is 10.2 Å². The quantitative estimate of drug-likeness (QED) is 0.757. The molecule has 17 heavy (non-hydrogen) atoms. The molecule has 0 aliphatic rings. The SMILES string of the molecule is Nc1scc2oc(Cc3cccc(F)c3)nc12. The van der Waals surface area contributed by atoms with Gasteiger partial charge >= 0.3 is 0 Å². The van der Waals surface area contributed by atoms with Crippen LogP contribution < -0.4 is 5.73 Å². The van der Waals surface area contributed by atoms with Crippen molar-refractivity contribution in [1.29, 1.82) is 0 Å². The molecule has 0 aliphatic heterocycles. The van der Waals surface area contributed by atoms with E-state index in [2.05, 4.69) is 4.98 Å². The Morgan fingerprint density at radius 3 is 3.06 bits per heavy atom. The number of anilines is 1. The maximum absolute atomic E-state index is 13.0. The van der Waals surface area contributed by atoms with E-state index in [1.54, 1.807) is 6.07 Å². The minimum Gasteiger partial charge on any atom is -0.439 e. The maximum atomic E-state index is 13.0. The largest absolute Gasteiger partial charge is 0.439 e. The van der Waals surface area contributed by atoms with Crippen LogP contribution in [-0.2, 0) is 6.42 Å². The Morgan fingerprint density at radius 2 is 2.29 bits per heavy atom. The number of hydrogen-bond acceptors (Lipinski definition) is 4. The number of hydrogen-bond donors (Lipinski definition) is 1. The second kappa shape index (κ2) is 3.85. The van der Waals surface area contributed by atoms with E-state index in [9.17, 15) is 4.39 Å². The molecule has 0 amide bonds. The Balaban J connectivity index is 1.94. The number of rotatable bonds is 2. The lowest BCUT2D eigenvalue weighted by Gasteiger charge is -1.96. The predicted octanol–water partition coefficient (Wildman–Crippen LogP) is 3.20. The molecule has 0 saturated carbocycles. The van der Waals surface area contributed by atoms with Gasteiger partial charge in [-0.2, -0.15) is 0 Å². The smallest absolute Gasteiger partial charge is 0.200 e. The van der Waals surface area contributed by atoms with Crippen molar-refractivity contribution in [3.05, 3.63) is 46.9 Å². The highest BCUT2D eigenvalue weighted by molar-refractivity contribution is 7.15. The third-order valence-electron chi connectivity index (χ3n) is 2.47. The van der Waals surface area contributed by atoms with E-state index in [-0.39, 0.29) is 5.82 Å². The number of benzene rings is 1. The normalized spacial score (nSPS) is 11.1. The summed E-state index contributed by atoms with van der Waals surface area (Å²) in [6.07, 6.45) is 0.469. The van der Waals surface area contributed by atoms with Gasteiger partial charge in [-0.1, -0.05) is 12.1 Å². The molecule has 86 valence electrons. The molecular weight excluding hydrogens is 239 g/mol. The molecule has 2 N–H and O–H groups in total. The van der Waals surface area contributed by atoms with Crippen LogP contribution in [0.15, 0.2) is 34.1 Å². The average Bonchev–Trinajstić information content (AvgIpc) is 2.82. The molecule has 2 heterocycles. The minimum atomic E-state index is -0.255. The number of nitrogens with zero attached hydrogens (tertiary/aromatic N) is 1. The Kier molecular flexibility index (Phi) is 2.33. The Labute approximate surface area is 101 Å². The van der Waals surface area contributed by atoms with E-state index in [1.165, 1.54) is 23.5 Å². The van der Waals surface area contributed by atoms with Crippen molar-refractivity contribution in [3.8, 4) is 0 Å². The lowest BCUT2D eigenvalue weighted by atomic mass is 10.1. The molecule has 2 aromatic heterocycles. The Hall–Kier alpha value is -1.88. The van der Waals surface area contributed by atoms with E-state index in [4.69, 9.17) is 10.2 Å². The van der Waals surface area contributed by atoms with Gasteiger partial charge in [0.25, 0.3) is 0 Å². The fraction of sp³-hybridized carbons (Fsp3) is 0.0833. The third-order valence-corrected chi connectivity index (χ3v) is 3.25. The minimum absolute atomic E-state index is 0.255. The van der Waals surface area contributed by atoms with Gasteiger partial charge in [0.1, 0.15) is 16.3 Å². The van der Waals surface area contributed by atoms with Gasteiger partial charge in [0.15, 0.2) is 11.5 Å². The first-order chi connectivity index (χ1) is 8.22. The summed E-state index contributed by atoms with van der Waals surface area (Å²) in [7, 11) is 0. The van der Waals surface area contributed by atoms with Gasteiger partial charge in [0.2, 0.25) is 0 Å². The van der Waals surface area contributed by atoms with Gasteiger partial charge in [0, 0.05) is 11.8 Å². The standard InChI is InChI=1S/C12H9FN2OS/c13-8-3-1-2-7(4-8)5-10-15-11-9(16-10)6-17-12(11)14/h1-4,6H,5,14H2. The lowest BCUT2D eigenvalue weighted by Crippen LogP contribution is -1.89. The predicted molar refractivity (Wildman–Crippen MR) is 65.5 cm³/mol. The average molecular weight is 248 g/mol. The second-order valence-corrected chi connectivity index (χ2v) is 4.64. The number of thiophene rings is 1. The molecule has 0 bridgehead atoms. The van der Waals surface area contributed by atoms with Crippen LogP contribution in [0.5, 0.6) is 0 Å². The summed E-state index contributed by atoms with van der Waals surface area (Å²) in [5, 5.41) is 2.47. The molecule has 3 aromatic rings. The number of aromatic nitrogens is 1. The van der Waals surface area contributed by atoms with Crippen LogP contribution in [0.2, 0.25) is 0 Å². The molecule has 0 unspecified atom stereocenters. The third kappa shape index (κ3) is 1.89. The second-order valence-electron chi connectivity index (χ2n) is 3.73. The topological polar surface area (TPSA) is 52.0 Å². The van der Waals surface area contributed by atoms with E-state index in [0.717, 1.165) is 5.56 Å². The summed E-state index contributed by atoms with van der Waals surface area (Å²) in [5.74, 6) is 0.301. The zero-order valence-electron chi connectivity index (χ0n) is 8.81. The van der Waals surface area contributed by atoms with Crippen LogP contribution >= 0.6 is 11.3 Å². The number of nitrogens with two attached hydrogens (primary N) is 1. The number of halogens is 1. The lowest BCUT2D eigenvalue weighted by molar-refractivity contribution is 0.543. The maximum Gasteiger partial charge on any atom is 0.200 e. The van der Waals surface area contributed by atoms with Gasteiger partial charge in [-0.3, -0.25) is 0 Å². The van der Waals surface area contributed by atoms with E-state index >= 15 is 0 Å². The van der Waals surface area contributed by atoms with Crippen LogP contribution in [0, 0.1) is 5.82 Å². The molecular formula is C12H9FN2OS. The molecule has 3 nitrogen and oxygen atoms in total. The summed E-state index contributed by atoms with van der Waals surface area (Å²) in [5.41, 5.74) is 7.96. The molecule has 1 aromatic carbocycles. The van der Waals surface area contributed by atoms with Crippen molar-refractivity contribution in [3.63, 3.8) is 0 Å². The van der Waals surface area contributed by atoms with Crippen LogP contribution in [0.1, 0.15) is 11.5 Å².